The van der Waals surface area contributed by atoms with Crippen LogP contribution >= 0.6 is 0 Å². The van der Waals surface area contributed by atoms with Gasteiger partial charge in [-0.25, -0.2) is 9.97 Å². The molecule has 2 saturated carbocycles. The standard InChI is InChI=1S/C17H26N4/c1-11-15(18)19-16(13-8-9-13)20-17(11)21-10-4-6-12-5-2-3-7-14(12)21/h12-14H,2-10H2,1H3,(H2,18,19,20)/t12-,14-/m1/s1. The number of rotatable bonds is 2. The van der Waals surface area contributed by atoms with E-state index in [1.807, 2.05) is 0 Å². The number of hydrogen-bond donors (Lipinski definition) is 1. The SMILES string of the molecule is Cc1c(N)nc(C2CC2)nc1N1CCC[C@H]2CCCC[C@H]21. The molecule has 4 nitrogen and oxygen atoms in total. The van der Waals surface area contributed by atoms with Gasteiger partial charge in [-0.3, -0.25) is 0 Å². The van der Waals surface area contributed by atoms with E-state index in [1.165, 1.54) is 51.4 Å². The molecule has 114 valence electrons. The lowest BCUT2D eigenvalue weighted by atomic mass is 9.78. The Morgan fingerprint density at radius 3 is 2.57 bits per heavy atom. The molecule has 0 radical (unpaired) electrons. The van der Waals surface area contributed by atoms with Crippen LogP contribution in [0.4, 0.5) is 11.6 Å². The van der Waals surface area contributed by atoms with Gasteiger partial charge in [-0.2, -0.15) is 0 Å². The van der Waals surface area contributed by atoms with Crippen molar-refractivity contribution in [1.29, 1.82) is 0 Å². The van der Waals surface area contributed by atoms with Gasteiger partial charge in [0.25, 0.3) is 0 Å². The molecular formula is C17H26N4. The summed E-state index contributed by atoms with van der Waals surface area (Å²) in [6, 6.07) is 0.688. The molecule has 1 aromatic rings. The van der Waals surface area contributed by atoms with Crippen molar-refractivity contribution in [2.24, 2.45) is 5.92 Å². The largest absolute Gasteiger partial charge is 0.383 e. The van der Waals surface area contributed by atoms with Gasteiger partial charge in [0.2, 0.25) is 0 Å². The lowest BCUT2D eigenvalue weighted by Crippen LogP contribution is -2.47. The molecule has 1 aliphatic heterocycles. The molecule has 4 heteroatoms. The van der Waals surface area contributed by atoms with Gasteiger partial charge in [0.15, 0.2) is 0 Å². The minimum atomic E-state index is 0.568. The first kappa shape index (κ1) is 13.4. The molecule has 2 heterocycles. The van der Waals surface area contributed by atoms with Gasteiger partial charge in [0.05, 0.1) is 0 Å². The first-order chi connectivity index (χ1) is 10.2. The van der Waals surface area contributed by atoms with Gasteiger partial charge in [0, 0.05) is 24.1 Å². The van der Waals surface area contributed by atoms with E-state index in [0.29, 0.717) is 17.8 Å². The summed E-state index contributed by atoms with van der Waals surface area (Å²) in [4.78, 5) is 12.1. The molecule has 4 rings (SSSR count). The highest BCUT2D eigenvalue weighted by Gasteiger charge is 2.36. The van der Waals surface area contributed by atoms with E-state index in [1.54, 1.807) is 0 Å². The number of nitrogen functional groups attached to an aromatic ring is 1. The summed E-state index contributed by atoms with van der Waals surface area (Å²) in [5, 5.41) is 0. The summed E-state index contributed by atoms with van der Waals surface area (Å²) < 4.78 is 0. The first-order valence-corrected chi connectivity index (χ1v) is 8.64. The van der Waals surface area contributed by atoms with Crippen LogP contribution in [0.2, 0.25) is 0 Å². The fourth-order valence-electron chi connectivity index (χ4n) is 4.23. The molecule has 1 saturated heterocycles. The number of hydrogen-bond acceptors (Lipinski definition) is 4. The molecule has 0 unspecified atom stereocenters. The smallest absolute Gasteiger partial charge is 0.137 e. The summed E-state index contributed by atoms with van der Waals surface area (Å²) >= 11 is 0. The van der Waals surface area contributed by atoms with Crippen molar-refractivity contribution in [2.45, 2.75) is 70.3 Å². The van der Waals surface area contributed by atoms with E-state index < -0.39 is 0 Å². The molecule has 3 fully saturated rings. The van der Waals surface area contributed by atoms with E-state index in [-0.39, 0.29) is 0 Å². The van der Waals surface area contributed by atoms with Crippen molar-refractivity contribution in [3.8, 4) is 0 Å². The monoisotopic (exact) mass is 286 g/mol. The van der Waals surface area contributed by atoms with E-state index in [4.69, 9.17) is 10.7 Å². The molecule has 2 N–H and O–H groups in total. The highest BCUT2D eigenvalue weighted by molar-refractivity contribution is 5.57. The van der Waals surface area contributed by atoms with Crippen LogP contribution in [-0.2, 0) is 0 Å². The number of nitrogens with zero attached hydrogens (tertiary/aromatic N) is 3. The second-order valence-corrected chi connectivity index (χ2v) is 7.14. The number of anilines is 2. The maximum atomic E-state index is 6.18. The minimum Gasteiger partial charge on any atom is -0.383 e. The fourth-order valence-corrected chi connectivity index (χ4v) is 4.23. The lowest BCUT2D eigenvalue weighted by molar-refractivity contribution is 0.242. The summed E-state index contributed by atoms with van der Waals surface area (Å²) in [6.07, 6.45) is 10.7. The Morgan fingerprint density at radius 2 is 1.76 bits per heavy atom. The molecule has 21 heavy (non-hydrogen) atoms. The van der Waals surface area contributed by atoms with Gasteiger partial charge >= 0.3 is 0 Å². The number of fused-ring (bicyclic) bond motifs is 1. The quantitative estimate of drug-likeness (QED) is 0.905. The third-order valence-corrected chi connectivity index (χ3v) is 5.63. The molecule has 0 bridgehead atoms. The molecule has 2 aliphatic carbocycles. The predicted octanol–water partition coefficient (Wildman–Crippen LogP) is 3.40. The fraction of sp³-hybridized carbons (Fsp3) is 0.765. The van der Waals surface area contributed by atoms with E-state index >= 15 is 0 Å². The molecule has 0 aromatic carbocycles. The summed E-state index contributed by atoms with van der Waals surface area (Å²) in [5.41, 5.74) is 7.27. The van der Waals surface area contributed by atoms with Crippen LogP contribution in [0.25, 0.3) is 0 Å². The highest BCUT2D eigenvalue weighted by atomic mass is 15.2. The van der Waals surface area contributed by atoms with Crippen LogP contribution in [-0.4, -0.2) is 22.6 Å². The summed E-state index contributed by atoms with van der Waals surface area (Å²) in [7, 11) is 0. The Hall–Kier alpha value is -1.32. The molecule has 2 atom stereocenters. The Labute approximate surface area is 127 Å². The van der Waals surface area contributed by atoms with Gasteiger partial charge in [-0.15, -0.1) is 0 Å². The maximum absolute atomic E-state index is 6.18. The van der Waals surface area contributed by atoms with Crippen molar-refractivity contribution in [3.63, 3.8) is 0 Å². The molecule has 0 spiro atoms. The predicted molar refractivity (Wildman–Crippen MR) is 85.5 cm³/mol. The Bertz CT molecular complexity index is 536. The van der Waals surface area contributed by atoms with Crippen LogP contribution in [0.1, 0.15) is 68.7 Å². The van der Waals surface area contributed by atoms with E-state index in [0.717, 1.165) is 29.7 Å². The highest BCUT2D eigenvalue weighted by Crippen LogP contribution is 2.42. The first-order valence-electron chi connectivity index (χ1n) is 8.64. The second-order valence-electron chi connectivity index (χ2n) is 7.14. The van der Waals surface area contributed by atoms with Crippen molar-refractivity contribution in [1.82, 2.24) is 9.97 Å². The average molecular weight is 286 g/mol. The zero-order valence-corrected chi connectivity index (χ0v) is 13.0. The Morgan fingerprint density at radius 1 is 1.00 bits per heavy atom. The van der Waals surface area contributed by atoms with E-state index in [2.05, 4.69) is 16.8 Å². The van der Waals surface area contributed by atoms with Gasteiger partial charge in [-0.05, 0) is 51.4 Å². The third-order valence-electron chi connectivity index (χ3n) is 5.63. The summed E-state index contributed by atoms with van der Waals surface area (Å²) in [6.45, 7) is 3.23. The van der Waals surface area contributed by atoms with Crippen LogP contribution in [0.5, 0.6) is 0 Å². The van der Waals surface area contributed by atoms with Crippen LogP contribution in [0, 0.1) is 12.8 Å². The Balaban J connectivity index is 1.70. The lowest BCUT2D eigenvalue weighted by Gasteiger charge is -2.45. The molecular weight excluding hydrogens is 260 g/mol. The number of nitrogens with two attached hydrogens (primary N) is 1. The van der Waals surface area contributed by atoms with Gasteiger partial charge in [-0.1, -0.05) is 12.8 Å². The topological polar surface area (TPSA) is 55.0 Å². The molecule has 3 aliphatic rings. The minimum absolute atomic E-state index is 0.568. The summed E-state index contributed by atoms with van der Waals surface area (Å²) in [5.74, 6) is 4.26. The normalized spacial score (nSPS) is 29.3. The van der Waals surface area contributed by atoms with Crippen LogP contribution in [0.3, 0.4) is 0 Å². The third kappa shape index (κ3) is 2.39. The number of aromatic nitrogens is 2. The zero-order chi connectivity index (χ0) is 14.4. The maximum Gasteiger partial charge on any atom is 0.137 e. The van der Waals surface area contributed by atoms with Gasteiger partial charge in [0.1, 0.15) is 17.5 Å². The Kier molecular flexibility index (Phi) is 3.27. The zero-order valence-electron chi connectivity index (χ0n) is 13.0. The number of piperidine rings is 1. The van der Waals surface area contributed by atoms with Crippen molar-refractivity contribution >= 4 is 11.6 Å². The second kappa shape index (κ2) is 5.15. The molecule has 0 amide bonds. The average Bonchev–Trinajstić information content (AvgIpc) is 3.34. The van der Waals surface area contributed by atoms with Crippen molar-refractivity contribution < 1.29 is 0 Å². The van der Waals surface area contributed by atoms with Crippen molar-refractivity contribution in [3.05, 3.63) is 11.4 Å². The van der Waals surface area contributed by atoms with Gasteiger partial charge < -0.3 is 10.6 Å². The van der Waals surface area contributed by atoms with Crippen LogP contribution < -0.4 is 10.6 Å². The van der Waals surface area contributed by atoms with E-state index in [9.17, 15) is 0 Å². The molecule has 1 aromatic heterocycles. The van der Waals surface area contributed by atoms with Crippen LogP contribution in [0.15, 0.2) is 0 Å². The van der Waals surface area contributed by atoms with Crippen molar-refractivity contribution in [2.75, 3.05) is 17.2 Å².